The number of nitrogens with one attached hydrogen (secondary N) is 1. The summed E-state index contributed by atoms with van der Waals surface area (Å²) in [5, 5.41) is 3.91. The van der Waals surface area contributed by atoms with Gasteiger partial charge in [-0.3, -0.25) is 14.5 Å². The molecule has 2 aromatic rings. The van der Waals surface area contributed by atoms with E-state index < -0.39 is 11.8 Å². The molecular formula is C22H22Cl2N4O2. The number of halogens is 2. The second kappa shape index (κ2) is 8.30. The minimum absolute atomic E-state index is 0.207. The lowest BCUT2D eigenvalue weighted by Crippen LogP contribution is -2.44. The minimum Gasteiger partial charge on any atom is -0.369 e. The first kappa shape index (κ1) is 20.7. The molecule has 1 N–H and O–H groups in total. The predicted molar refractivity (Wildman–Crippen MR) is 121 cm³/mol. The van der Waals surface area contributed by atoms with E-state index in [0.29, 0.717) is 15.6 Å². The van der Waals surface area contributed by atoms with Crippen molar-refractivity contribution >= 4 is 52.0 Å². The Kier molecular flexibility index (Phi) is 5.73. The monoisotopic (exact) mass is 444 g/mol. The van der Waals surface area contributed by atoms with E-state index in [0.717, 1.165) is 42.5 Å². The Morgan fingerprint density at radius 1 is 0.867 bits per heavy atom. The van der Waals surface area contributed by atoms with E-state index in [4.69, 9.17) is 23.2 Å². The molecule has 0 aromatic heterocycles. The van der Waals surface area contributed by atoms with Crippen LogP contribution in [0.4, 0.5) is 11.4 Å². The van der Waals surface area contributed by atoms with Crippen LogP contribution >= 0.6 is 23.2 Å². The third-order valence-corrected chi connectivity index (χ3v) is 6.04. The van der Waals surface area contributed by atoms with E-state index in [-0.39, 0.29) is 11.3 Å². The molecule has 2 aromatic carbocycles. The highest BCUT2D eigenvalue weighted by Gasteiger charge is 2.37. The third kappa shape index (κ3) is 3.90. The maximum atomic E-state index is 12.7. The molecule has 0 spiro atoms. The van der Waals surface area contributed by atoms with Crippen molar-refractivity contribution in [1.29, 1.82) is 0 Å². The summed E-state index contributed by atoms with van der Waals surface area (Å²) in [4.78, 5) is 31.2. The Morgan fingerprint density at radius 2 is 1.53 bits per heavy atom. The first-order valence-electron chi connectivity index (χ1n) is 9.68. The van der Waals surface area contributed by atoms with Crippen LogP contribution in [-0.4, -0.2) is 61.9 Å². The molecule has 0 unspecified atom stereocenters. The zero-order valence-electron chi connectivity index (χ0n) is 16.8. The number of likely N-dealkylation sites (N-methyl/N-ethyl adjacent to an activating group) is 2. The summed E-state index contributed by atoms with van der Waals surface area (Å²) >= 11 is 12.3. The molecule has 8 heteroatoms. The number of carbonyl (C=O) groups excluding carboxylic acids is 2. The molecule has 4 rings (SSSR count). The number of carbonyl (C=O) groups is 2. The first-order valence-corrected chi connectivity index (χ1v) is 10.4. The standard InChI is InChI=1S/C22H22Cl2N4O2/c1-26-9-11-28(12-10-26)16-6-4-15(5-7-16)25-20-19(21(29)27(2)22(20)30)17-8-3-14(23)13-18(17)24/h3-8,13,25H,9-12H2,1-2H3. The average molecular weight is 445 g/mol. The van der Waals surface area contributed by atoms with Crippen molar-refractivity contribution in [1.82, 2.24) is 9.80 Å². The van der Waals surface area contributed by atoms with E-state index in [1.54, 1.807) is 18.2 Å². The van der Waals surface area contributed by atoms with Crippen molar-refractivity contribution < 1.29 is 9.59 Å². The Labute approximate surface area is 185 Å². The van der Waals surface area contributed by atoms with E-state index in [9.17, 15) is 9.59 Å². The van der Waals surface area contributed by atoms with Crippen molar-refractivity contribution in [3.63, 3.8) is 0 Å². The molecule has 1 saturated heterocycles. The van der Waals surface area contributed by atoms with Crippen molar-refractivity contribution in [2.45, 2.75) is 0 Å². The molecular weight excluding hydrogens is 423 g/mol. The molecule has 6 nitrogen and oxygen atoms in total. The largest absolute Gasteiger partial charge is 0.369 e. The number of hydrogen-bond acceptors (Lipinski definition) is 5. The van der Waals surface area contributed by atoms with Gasteiger partial charge < -0.3 is 15.1 Å². The lowest BCUT2D eigenvalue weighted by molar-refractivity contribution is -0.135. The Balaban J connectivity index is 1.63. The molecule has 0 radical (unpaired) electrons. The minimum atomic E-state index is -0.402. The van der Waals surface area contributed by atoms with Gasteiger partial charge in [0.15, 0.2) is 0 Å². The fraction of sp³-hybridized carbons (Fsp3) is 0.273. The van der Waals surface area contributed by atoms with E-state index in [1.807, 2.05) is 24.3 Å². The maximum Gasteiger partial charge on any atom is 0.277 e. The molecule has 0 atom stereocenters. The predicted octanol–water partition coefficient (Wildman–Crippen LogP) is 3.57. The van der Waals surface area contributed by atoms with Gasteiger partial charge in [0.25, 0.3) is 11.8 Å². The van der Waals surface area contributed by atoms with Gasteiger partial charge in [-0.05, 0) is 43.4 Å². The van der Waals surface area contributed by atoms with Gasteiger partial charge in [0.05, 0.1) is 10.6 Å². The quantitative estimate of drug-likeness (QED) is 0.730. The molecule has 0 saturated carbocycles. The van der Waals surface area contributed by atoms with Crippen LogP contribution in [0.25, 0.3) is 5.57 Å². The van der Waals surface area contributed by atoms with Crippen LogP contribution in [0, 0.1) is 0 Å². The molecule has 1 fully saturated rings. The highest BCUT2D eigenvalue weighted by Crippen LogP contribution is 2.35. The average Bonchev–Trinajstić information content (AvgIpc) is 2.93. The van der Waals surface area contributed by atoms with Gasteiger partial charge in [0.1, 0.15) is 5.70 Å². The van der Waals surface area contributed by atoms with Crippen molar-refractivity contribution in [3.8, 4) is 0 Å². The summed E-state index contributed by atoms with van der Waals surface area (Å²) in [5.41, 5.74) is 2.78. The zero-order chi connectivity index (χ0) is 21.4. The van der Waals surface area contributed by atoms with Gasteiger partial charge in [0, 0.05) is 55.2 Å². The van der Waals surface area contributed by atoms with E-state index >= 15 is 0 Å². The number of anilines is 2. The number of hydrogen-bond donors (Lipinski definition) is 1. The Morgan fingerprint density at radius 3 is 2.17 bits per heavy atom. The lowest BCUT2D eigenvalue weighted by atomic mass is 10.0. The Hall–Kier alpha value is -2.54. The topological polar surface area (TPSA) is 55.9 Å². The van der Waals surface area contributed by atoms with Gasteiger partial charge in [-0.2, -0.15) is 0 Å². The van der Waals surface area contributed by atoms with Crippen molar-refractivity contribution in [2.75, 3.05) is 50.5 Å². The first-order chi connectivity index (χ1) is 14.3. The van der Waals surface area contributed by atoms with Gasteiger partial charge in [-0.1, -0.05) is 29.3 Å². The van der Waals surface area contributed by atoms with E-state index in [1.165, 1.54) is 7.05 Å². The Bertz CT molecular complexity index is 1030. The number of imide groups is 1. The molecule has 0 aliphatic carbocycles. The molecule has 2 amide bonds. The fourth-order valence-corrected chi connectivity index (χ4v) is 4.17. The number of amides is 2. The zero-order valence-corrected chi connectivity index (χ0v) is 18.3. The molecule has 2 aliphatic rings. The summed E-state index contributed by atoms with van der Waals surface area (Å²) < 4.78 is 0. The van der Waals surface area contributed by atoms with E-state index in [2.05, 4.69) is 22.2 Å². The summed E-state index contributed by atoms with van der Waals surface area (Å²) in [5.74, 6) is -0.801. The van der Waals surface area contributed by atoms with Crippen molar-refractivity contribution in [3.05, 3.63) is 63.8 Å². The van der Waals surface area contributed by atoms with Gasteiger partial charge in [-0.15, -0.1) is 0 Å². The second-order valence-corrected chi connectivity index (χ2v) is 8.35. The van der Waals surface area contributed by atoms with Gasteiger partial charge >= 0.3 is 0 Å². The summed E-state index contributed by atoms with van der Waals surface area (Å²) in [7, 11) is 3.58. The van der Waals surface area contributed by atoms with Crippen LogP contribution in [0.2, 0.25) is 10.0 Å². The SMILES string of the molecule is CN1CCN(c2ccc(NC3=C(c4ccc(Cl)cc4Cl)C(=O)N(C)C3=O)cc2)CC1. The van der Waals surface area contributed by atoms with Crippen LogP contribution in [0.15, 0.2) is 48.2 Å². The smallest absolute Gasteiger partial charge is 0.277 e. The molecule has 156 valence electrons. The number of nitrogens with zero attached hydrogens (tertiary/aromatic N) is 3. The van der Waals surface area contributed by atoms with Gasteiger partial charge in [-0.25, -0.2) is 0 Å². The van der Waals surface area contributed by atoms with Crippen LogP contribution in [0.1, 0.15) is 5.56 Å². The highest BCUT2D eigenvalue weighted by molar-refractivity contribution is 6.41. The molecule has 0 bridgehead atoms. The second-order valence-electron chi connectivity index (χ2n) is 7.51. The fourth-order valence-electron chi connectivity index (χ4n) is 3.66. The number of benzene rings is 2. The number of rotatable bonds is 4. The maximum absolute atomic E-state index is 12.7. The van der Waals surface area contributed by atoms with Crippen LogP contribution in [0.5, 0.6) is 0 Å². The highest BCUT2D eigenvalue weighted by atomic mass is 35.5. The lowest BCUT2D eigenvalue weighted by Gasteiger charge is -2.34. The van der Waals surface area contributed by atoms with Crippen LogP contribution in [0.3, 0.4) is 0 Å². The summed E-state index contributed by atoms with van der Waals surface area (Å²) in [6.07, 6.45) is 0. The third-order valence-electron chi connectivity index (χ3n) is 5.49. The molecule has 2 heterocycles. The van der Waals surface area contributed by atoms with Crippen LogP contribution in [-0.2, 0) is 9.59 Å². The van der Waals surface area contributed by atoms with Crippen molar-refractivity contribution in [2.24, 2.45) is 0 Å². The van der Waals surface area contributed by atoms with Crippen LogP contribution < -0.4 is 10.2 Å². The normalized spacial score (nSPS) is 17.9. The number of piperazine rings is 1. The molecule has 2 aliphatic heterocycles. The summed E-state index contributed by atoms with van der Waals surface area (Å²) in [6, 6.07) is 12.7. The van der Waals surface area contributed by atoms with Gasteiger partial charge in [0.2, 0.25) is 0 Å². The molecule has 30 heavy (non-hydrogen) atoms. The summed E-state index contributed by atoms with van der Waals surface area (Å²) in [6.45, 7) is 4.01.